The van der Waals surface area contributed by atoms with Crippen molar-refractivity contribution in [2.45, 2.75) is 31.8 Å². The van der Waals surface area contributed by atoms with Gasteiger partial charge in [0.1, 0.15) is 5.75 Å². The van der Waals surface area contributed by atoms with Crippen molar-refractivity contribution in [3.05, 3.63) is 77.4 Å². The number of amides is 1. The highest BCUT2D eigenvalue weighted by molar-refractivity contribution is 5.91. The van der Waals surface area contributed by atoms with Crippen LogP contribution < -0.4 is 10.1 Å². The summed E-state index contributed by atoms with van der Waals surface area (Å²) < 4.78 is 10.6. The van der Waals surface area contributed by atoms with Crippen LogP contribution in [0, 0.1) is 0 Å². The Morgan fingerprint density at radius 1 is 1.27 bits per heavy atom. The molecule has 0 bridgehead atoms. The van der Waals surface area contributed by atoms with E-state index in [0.29, 0.717) is 6.54 Å². The molecular weight excluding hydrogens is 380 g/mol. The Bertz CT molecular complexity index is 973. The molecule has 1 aliphatic rings. The van der Waals surface area contributed by atoms with Crippen molar-refractivity contribution in [3.8, 4) is 5.75 Å². The van der Waals surface area contributed by atoms with Crippen LogP contribution in [0.4, 0.5) is 0 Å². The molecule has 0 saturated carbocycles. The number of hydrogen-bond acceptors (Lipinski definition) is 6. The van der Waals surface area contributed by atoms with Crippen molar-refractivity contribution in [1.82, 2.24) is 20.4 Å². The fourth-order valence-electron chi connectivity index (χ4n) is 3.83. The number of benzene rings is 1. The maximum atomic E-state index is 12.5. The number of likely N-dealkylation sites (tertiary alicyclic amines) is 1. The van der Waals surface area contributed by atoms with Crippen LogP contribution in [0.15, 0.2) is 59.4 Å². The Morgan fingerprint density at radius 2 is 2.17 bits per heavy atom. The van der Waals surface area contributed by atoms with Crippen LogP contribution in [0.3, 0.4) is 0 Å². The summed E-state index contributed by atoms with van der Waals surface area (Å²) in [4.78, 5) is 19.1. The molecule has 0 spiro atoms. The Balaban J connectivity index is 1.34. The smallest absolute Gasteiger partial charge is 0.290 e. The lowest BCUT2D eigenvalue weighted by atomic mass is 9.94. The van der Waals surface area contributed by atoms with E-state index in [9.17, 15) is 4.79 Å². The van der Waals surface area contributed by atoms with Crippen LogP contribution in [-0.4, -0.2) is 41.1 Å². The maximum absolute atomic E-state index is 12.5. The maximum Gasteiger partial charge on any atom is 0.290 e. The first kappa shape index (κ1) is 20.1. The Kier molecular flexibility index (Phi) is 6.39. The summed E-state index contributed by atoms with van der Waals surface area (Å²) in [5.41, 5.74) is 3.01. The average Bonchev–Trinajstić information content (AvgIpc) is 3.29. The van der Waals surface area contributed by atoms with E-state index < -0.39 is 0 Å². The molecule has 2 aromatic heterocycles. The molecule has 156 valence electrons. The number of carbonyl (C=O) groups excluding carboxylic acids is 1. The molecule has 0 aliphatic carbocycles. The van der Waals surface area contributed by atoms with Gasteiger partial charge in [-0.2, -0.15) is 0 Å². The molecule has 3 aromatic rings. The predicted molar refractivity (Wildman–Crippen MR) is 112 cm³/mol. The van der Waals surface area contributed by atoms with Gasteiger partial charge in [-0.3, -0.25) is 14.7 Å². The third-order valence-electron chi connectivity index (χ3n) is 5.39. The first-order valence-electron chi connectivity index (χ1n) is 10.2. The van der Waals surface area contributed by atoms with Gasteiger partial charge in [0, 0.05) is 44.0 Å². The van der Waals surface area contributed by atoms with Crippen LogP contribution in [0.5, 0.6) is 5.75 Å². The average molecular weight is 406 g/mol. The van der Waals surface area contributed by atoms with Gasteiger partial charge in [-0.1, -0.05) is 23.4 Å². The van der Waals surface area contributed by atoms with Gasteiger partial charge in [-0.25, -0.2) is 0 Å². The largest absolute Gasteiger partial charge is 0.497 e. The van der Waals surface area contributed by atoms with Crippen molar-refractivity contribution >= 4 is 5.91 Å². The fourth-order valence-corrected chi connectivity index (χ4v) is 3.83. The summed E-state index contributed by atoms with van der Waals surface area (Å²) in [6.07, 6.45) is 5.83. The number of nitrogens with zero attached hydrogens (tertiary/aromatic N) is 3. The highest BCUT2D eigenvalue weighted by atomic mass is 16.5. The van der Waals surface area contributed by atoms with Gasteiger partial charge in [-0.05, 0) is 48.7 Å². The van der Waals surface area contributed by atoms with E-state index in [1.165, 1.54) is 5.56 Å². The molecule has 0 radical (unpaired) electrons. The summed E-state index contributed by atoms with van der Waals surface area (Å²) in [5, 5.41) is 7.07. The zero-order valence-electron chi connectivity index (χ0n) is 17.1. The van der Waals surface area contributed by atoms with Crippen molar-refractivity contribution in [2.24, 2.45) is 0 Å². The highest BCUT2D eigenvalue weighted by Crippen LogP contribution is 2.27. The van der Waals surface area contributed by atoms with Gasteiger partial charge in [0.15, 0.2) is 0 Å². The van der Waals surface area contributed by atoms with E-state index in [1.54, 1.807) is 19.4 Å². The quantitative estimate of drug-likeness (QED) is 0.648. The molecule has 4 rings (SSSR count). The predicted octanol–water partition coefficient (Wildman–Crippen LogP) is 3.39. The molecule has 0 unspecified atom stereocenters. The van der Waals surface area contributed by atoms with Crippen LogP contribution in [0.25, 0.3) is 0 Å². The Morgan fingerprint density at radius 3 is 3.00 bits per heavy atom. The lowest BCUT2D eigenvalue weighted by Crippen LogP contribution is -2.34. The second kappa shape index (κ2) is 9.54. The summed E-state index contributed by atoms with van der Waals surface area (Å²) in [6, 6.07) is 13.4. The van der Waals surface area contributed by atoms with E-state index >= 15 is 0 Å². The van der Waals surface area contributed by atoms with E-state index in [1.807, 2.05) is 36.5 Å². The van der Waals surface area contributed by atoms with Crippen LogP contribution in [0.1, 0.15) is 46.1 Å². The van der Waals surface area contributed by atoms with Crippen molar-refractivity contribution in [3.63, 3.8) is 0 Å². The molecule has 1 amide bonds. The lowest BCUT2D eigenvalue weighted by Gasteiger charge is -2.31. The van der Waals surface area contributed by atoms with Crippen molar-refractivity contribution in [2.75, 3.05) is 20.2 Å². The lowest BCUT2D eigenvalue weighted by molar-refractivity contribution is 0.0913. The molecule has 1 aliphatic heterocycles. The Hall–Kier alpha value is -3.19. The second-order valence-electron chi connectivity index (χ2n) is 7.59. The number of hydrogen-bond donors (Lipinski definition) is 1. The summed E-state index contributed by atoms with van der Waals surface area (Å²) in [5.74, 6) is 1.01. The molecule has 1 fully saturated rings. The molecule has 1 saturated heterocycles. The van der Waals surface area contributed by atoms with Crippen LogP contribution >= 0.6 is 0 Å². The van der Waals surface area contributed by atoms with Crippen molar-refractivity contribution < 1.29 is 14.1 Å². The Labute approximate surface area is 176 Å². The molecule has 1 aromatic carbocycles. The fraction of sp³-hybridized carbons (Fsp3) is 0.348. The number of carbonyl (C=O) groups is 1. The zero-order valence-corrected chi connectivity index (χ0v) is 17.1. The summed E-state index contributed by atoms with van der Waals surface area (Å²) >= 11 is 0. The molecule has 1 N–H and O–H groups in total. The SMILES string of the molecule is COc1cccc(CNC(=O)c2cc([C@H]3CCCN(Cc4cccnc4)C3)no2)c1. The van der Waals surface area contributed by atoms with Crippen molar-refractivity contribution in [1.29, 1.82) is 0 Å². The van der Waals surface area contributed by atoms with E-state index in [-0.39, 0.29) is 17.6 Å². The van der Waals surface area contributed by atoms with E-state index in [2.05, 4.69) is 26.4 Å². The first-order valence-corrected chi connectivity index (χ1v) is 10.2. The topological polar surface area (TPSA) is 80.5 Å². The second-order valence-corrected chi connectivity index (χ2v) is 7.59. The third-order valence-corrected chi connectivity index (χ3v) is 5.39. The van der Waals surface area contributed by atoms with Gasteiger partial charge in [0.2, 0.25) is 5.76 Å². The van der Waals surface area contributed by atoms with Gasteiger partial charge >= 0.3 is 0 Å². The molecule has 1 atom stereocenters. The van der Waals surface area contributed by atoms with Crippen LogP contribution in [-0.2, 0) is 13.1 Å². The van der Waals surface area contributed by atoms with Gasteiger partial charge < -0.3 is 14.6 Å². The van der Waals surface area contributed by atoms with E-state index in [4.69, 9.17) is 9.26 Å². The van der Waals surface area contributed by atoms with E-state index in [0.717, 1.165) is 49.5 Å². The molecule has 7 nitrogen and oxygen atoms in total. The minimum atomic E-state index is -0.264. The number of aromatic nitrogens is 2. The van der Waals surface area contributed by atoms with Gasteiger partial charge in [0.05, 0.1) is 12.8 Å². The zero-order chi connectivity index (χ0) is 20.8. The molecular formula is C23H26N4O3. The highest BCUT2D eigenvalue weighted by Gasteiger charge is 2.25. The first-order chi connectivity index (χ1) is 14.7. The number of nitrogens with one attached hydrogen (secondary N) is 1. The number of rotatable bonds is 7. The number of pyridine rings is 1. The third kappa shape index (κ3) is 5.04. The summed E-state index contributed by atoms with van der Waals surface area (Å²) in [6.45, 7) is 3.22. The molecule has 30 heavy (non-hydrogen) atoms. The number of methoxy groups -OCH3 is 1. The molecule has 7 heteroatoms. The standard InChI is InChI=1S/C23H26N4O3/c1-29-20-8-2-5-17(11-20)14-25-23(28)22-12-21(26-30-22)19-7-4-10-27(16-19)15-18-6-3-9-24-13-18/h2-3,5-6,8-9,11-13,19H,4,7,10,14-16H2,1H3,(H,25,28)/t19-/m0/s1. The normalized spacial score (nSPS) is 16.9. The monoisotopic (exact) mass is 406 g/mol. The molecule has 3 heterocycles. The van der Waals surface area contributed by atoms with Gasteiger partial charge in [0.25, 0.3) is 5.91 Å². The number of ether oxygens (including phenoxy) is 1. The number of piperidine rings is 1. The van der Waals surface area contributed by atoms with Crippen LogP contribution in [0.2, 0.25) is 0 Å². The minimum Gasteiger partial charge on any atom is -0.497 e. The summed E-state index contributed by atoms with van der Waals surface area (Å²) in [7, 11) is 1.62. The minimum absolute atomic E-state index is 0.247. The van der Waals surface area contributed by atoms with Gasteiger partial charge in [-0.15, -0.1) is 0 Å².